The van der Waals surface area contributed by atoms with Gasteiger partial charge in [0.05, 0.1) is 31.0 Å². The number of azide groups is 1. The smallest absolute Gasteiger partial charge is 0.359 e. The molecule has 1 aliphatic rings. The lowest BCUT2D eigenvalue weighted by Crippen LogP contribution is -2.23. The lowest BCUT2D eigenvalue weighted by molar-refractivity contribution is 0.0161. The van der Waals surface area contributed by atoms with Crippen molar-refractivity contribution in [3.05, 3.63) is 10.4 Å². The molecule has 1 N–H and O–H groups in total. The number of aliphatic hydroxyl groups is 1. The molecule has 0 radical (unpaired) electrons. The van der Waals surface area contributed by atoms with Crippen LogP contribution in [0.1, 0.15) is 34.1 Å². The molecule has 0 aromatic rings. The molecular formula is C11H22N3O5P. The molecular weight excluding hydrogens is 285 g/mol. The van der Waals surface area contributed by atoms with Crippen molar-refractivity contribution in [1.82, 2.24) is 0 Å². The molecule has 0 saturated carbocycles. The molecule has 116 valence electrons. The summed E-state index contributed by atoms with van der Waals surface area (Å²) in [5.74, 6) is -0.833. The monoisotopic (exact) mass is 307 g/mol. The van der Waals surface area contributed by atoms with Crippen LogP contribution in [-0.2, 0) is 18.3 Å². The van der Waals surface area contributed by atoms with Crippen LogP contribution in [0.4, 0.5) is 0 Å². The summed E-state index contributed by atoms with van der Waals surface area (Å²) in [7, 11) is -3.51. The minimum atomic E-state index is -3.51. The van der Waals surface area contributed by atoms with Crippen LogP contribution in [0.15, 0.2) is 5.11 Å². The Morgan fingerprint density at radius 1 is 1.40 bits per heavy atom. The molecule has 0 amide bonds. The molecule has 1 saturated heterocycles. The molecule has 1 heterocycles. The minimum absolute atomic E-state index is 0.200. The fourth-order valence-corrected chi connectivity index (χ4v) is 4.29. The first kappa shape index (κ1) is 17.4. The van der Waals surface area contributed by atoms with Crippen molar-refractivity contribution in [3.63, 3.8) is 0 Å². The SMILES string of the molecule is CC(C)OP(=O)(OC(C)C)[C@H]1C[C@@H](N=[N+]=[N-])[C@@H](CO)O1. The van der Waals surface area contributed by atoms with Crippen LogP contribution in [0.3, 0.4) is 0 Å². The normalized spacial score (nSPS) is 27.1. The van der Waals surface area contributed by atoms with Crippen molar-refractivity contribution in [2.24, 2.45) is 5.11 Å². The van der Waals surface area contributed by atoms with Gasteiger partial charge in [0.2, 0.25) is 0 Å². The number of aliphatic hydroxyl groups excluding tert-OH is 1. The average Bonchev–Trinajstić information content (AvgIpc) is 2.71. The third kappa shape index (κ3) is 4.45. The molecule has 1 rings (SSSR count). The Morgan fingerprint density at radius 2 is 1.95 bits per heavy atom. The molecule has 0 bridgehead atoms. The lowest BCUT2D eigenvalue weighted by Gasteiger charge is -2.27. The Bertz CT molecular complexity index is 397. The Morgan fingerprint density at radius 3 is 2.35 bits per heavy atom. The Kier molecular flexibility index (Phi) is 6.45. The molecule has 20 heavy (non-hydrogen) atoms. The van der Waals surface area contributed by atoms with Gasteiger partial charge in [0.25, 0.3) is 0 Å². The zero-order chi connectivity index (χ0) is 15.3. The molecule has 0 unspecified atom stereocenters. The van der Waals surface area contributed by atoms with E-state index in [1.54, 1.807) is 27.7 Å². The summed E-state index contributed by atoms with van der Waals surface area (Å²) in [5, 5.41) is 12.8. The summed E-state index contributed by atoms with van der Waals surface area (Å²) in [4.78, 5) is 2.72. The second kappa shape index (κ2) is 7.41. The van der Waals surface area contributed by atoms with E-state index in [9.17, 15) is 9.67 Å². The van der Waals surface area contributed by atoms with Crippen LogP contribution >= 0.6 is 7.60 Å². The Balaban J connectivity index is 2.92. The number of rotatable bonds is 7. The van der Waals surface area contributed by atoms with E-state index in [0.29, 0.717) is 0 Å². The largest absolute Gasteiger partial charge is 0.394 e. The maximum absolute atomic E-state index is 12.9. The second-order valence-corrected chi connectivity index (χ2v) is 7.25. The van der Waals surface area contributed by atoms with E-state index >= 15 is 0 Å². The van der Waals surface area contributed by atoms with Crippen LogP contribution in [0.2, 0.25) is 0 Å². The van der Waals surface area contributed by atoms with Gasteiger partial charge in [-0.25, -0.2) is 0 Å². The standard InChI is InChI=1S/C11H22N3O5P/c1-7(2)18-20(16,19-8(3)4)11-5-9(13-14-12)10(6-15)17-11/h7-11,15H,5-6H2,1-4H3/t9-,10-,11+/m1/s1. The third-order valence-corrected chi connectivity index (χ3v) is 5.12. The fourth-order valence-electron chi connectivity index (χ4n) is 2.01. The lowest BCUT2D eigenvalue weighted by atomic mass is 10.2. The summed E-state index contributed by atoms with van der Waals surface area (Å²) in [6, 6.07) is -0.574. The van der Waals surface area contributed by atoms with E-state index in [2.05, 4.69) is 10.0 Å². The topological polar surface area (TPSA) is 114 Å². The first-order valence-corrected chi connectivity index (χ1v) is 8.20. The molecule has 0 spiro atoms. The van der Waals surface area contributed by atoms with Gasteiger partial charge in [-0.2, -0.15) is 0 Å². The highest BCUT2D eigenvalue weighted by molar-refractivity contribution is 7.54. The zero-order valence-electron chi connectivity index (χ0n) is 12.2. The highest BCUT2D eigenvalue weighted by atomic mass is 31.2. The number of hydrogen-bond donors (Lipinski definition) is 1. The van der Waals surface area contributed by atoms with Gasteiger partial charge >= 0.3 is 7.60 Å². The molecule has 0 aromatic carbocycles. The van der Waals surface area contributed by atoms with Crippen molar-refractivity contribution in [2.45, 2.75) is 64.3 Å². The van der Waals surface area contributed by atoms with Crippen molar-refractivity contribution < 1.29 is 23.5 Å². The third-order valence-electron chi connectivity index (χ3n) is 2.65. The maximum Gasteiger partial charge on any atom is 0.359 e. The van der Waals surface area contributed by atoms with E-state index in [0.717, 1.165) is 0 Å². The predicted molar refractivity (Wildman–Crippen MR) is 73.3 cm³/mol. The van der Waals surface area contributed by atoms with Gasteiger partial charge in [-0.15, -0.1) is 0 Å². The number of ether oxygens (including phenoxy) is 1. The van der Waals surface area contributed by atoms with Gasteiger partial charge in [-0.05, 0) is 39.6 Å². The van der Waals surface area contributed by atoms with E-state index in [1.807, 2.05) is 0 Å². The van der Waals surface area contributed by atoms with Gasteiger partial charge in [0.1, 0.15) is 0 Å². The van der Waals surface area contributed by atoms with E-state index < -0.39 is 25.6 Å². The molecule has 1 fully saturated rings. The van der Waals surface area contributed by atoms with E-state index in [-0.39, 0.29) is 25.2 Å². The van der Waals surface area contributed by atoms with Crippen LogP contribution < -0.4 is 0 Å². The molecule has 8 nitrogen and oxygen atoms in total. The van der Waals surface area contributed by atoms with Crippen molar-refractivity contribution in [3.8, 4) is 0 Å². The predicted octanol–water partition coefficient (Wildman–Crippen LogP) is 2.82. The van der Waals surface area contributed by atoms with Gasteiger partial charge in [-0.1, -0.05) is 5.11 Å². The van der Waals surface area contributed by atoms with Gasteiger partial charge in [-0.3, -0.25) is 4.57 Å². The first-order chi connectivity index (χ1) is 9.32. The molecule has 3 atom stereocenters. The fraction of sp³-hybridized carbons (Fsp3) is 1.00. The first-order valence-electron chi connectivity index (χ1n) is 6.59. The Hall–Kier alpha value is -0.620. The van der Waals surface area contributed by atoms with E-state index in [1.165, 1.54) is 0 Å². The van der Waals surface area contributed by atoms with E-state index in [4.69, 9.17) is 19.3 Å². The second-order valence-electron chi connectivity index (χ2n) is 5.17. The summed E-state index contributed by atoms with van der Waals surface area (Å²) < 4.78 is 29.3. The Labute approximate surface area is 118 Å². The van der Waals surface area contributed by atoms with Crippen molar-refractivity contribution in [2.75, 3.05) is 6.61 Å². The molecule has 1 aliphatic heterocycles. The van der Waals surface area contributed by atoms with Crippen LogP contribution in [0, 0.1) is 0 Å². The van der Waals surface area contributed by atoms with Crippen LogP contribution in [0.25, 0.3) is 10.4 Å². The molecule has 9 heteroatoms. The summed E-state index contributed by atoms with van der Waals surface area (Å²) in [5.41, 5.74) is 8.51. The van der Waals surface area contributed by atoms with Gasteiger partial charge in [0, 0.05) is 4.91 Å². The van der Waals surface area contributed by atoms with Gasteiger partial charge < -0.3 is 18.9 Å². The summed E-state index contributed by atoms with van der Waals surface area (Å²) >= 11 is 0. The van der Waals surface area contributed by atoms with Crippen LogP contribution in [0.5, 0.6) is 0 Å². The van der Waals surface area contributed by atoms with Crippen molar-refractivity contribution in [1.29, 1.82) is 0 Å². The summed E-state index contributed by atoms with van der Waals surface area (Å²) in [6.07, 6.45) is -1.08. The van der Waals surface area contributed by atoms with Gasteiger partial charge in [0.15, 0.2) is 5.85 Å². The number of hydrogen-bond acceptors (Lipinski definition) is 6. The number of nitrogens with zero attached hydrogens (tertiary/aromatic N) is 3. The zero-order valence-corrected chi connectivity index (χ0v) is 13.1. The molecule has 0 aromatic heterocycles. The van der Waals surface area contributed by atoms with Crippen LogP contribution in [-0.4, -0.2) is 41.9 Å². The average molecular weight is 307 g/mol. The van der Waals surface area contributed by atoms with Crippen molar-refractivity contribution >= 4 is 7.60 Å². The molecule has 0 aliphatic carbocycles. The highest BCUT2D eigenvalue weighted by Gasteiger charge is 2.47. The minimum Gasteiger partial charge on any atom is -0.394 e. The highest BCUT2D eigenvalue weighted by Crippen LogP contribution is 2.59. The summed E-state index contributed by atoms with van der Waals surface area (Å²) in [6.45, 7) is 6.68. The quantitative estimate of drug-likeness (QED) is 0.336. The maximum atomic E-state index is 12.9.